The van der Waals surface area contributed by atoms with Crippen LogP contribution in [0.25, 0.3) is 22.7 Å². The van der Waals surface area contributed by atoms with Crippen LogP contribution in [0.4, 0.5) is 10.8 Å². The topological polar surface area (TPSA) is 111 Å². The number of anilines is 1. The molecule has 0 fully saturated rings. The molecule has 10 heteroatoms. The van der Waals surface area contributed by atoms with Crippen molar-refractivity contribution in [3.05, 3.63) is 81.5 Å². The first-order valence-corrected chi connectivity index (χ1v) is 11.6. The summed E-state index contributed by atoms with van der Waals surface area (Å²) in [7, 11) is 0. The minimum absolute atomic E-state index is 0.0424. The highest BCUT2D eigenvalue weighted by Gasteiger charge is 2.14. The zero-order valence-corrected chi connectivity index (χ0v) is 18.6. The number of oxazole rings is 1. The van der Waals surface area contributed by atoms with Crippen molar-refractivity contribution in [3.63, 3.8) is 0 Å². The molecule has 0 unspecified atom stereocenters. The third kappa shape index (κ3) is 5.21. The van der Waals surface area contributed by atoms with Gasteiger partial charge in [-0.25, -0.2) is 9.97 Å². The van der Waals surface area contributed by atoms with Crippen LogP contribution in [0.1, 0.15) is 11.3 Å². The number of thioether (sulfide) groups is 1. The highest BCUT2D eigenvalue weighted by molar-refractivity contribution is 7.99. The maximum absolute atomic E-state index is 12.3. The smallest absolute Gasteiger partial charge is 0.272 e. The first-order valence-electron chi connectivity index (χ1n) is 9.58. The second-order valence-corrected chi connectivity index (χ2v) is 8.69. The van der Waals surface area contributed by atoms with Crippen LogP contribution >= 0.6 is 23.1 Å². The molecule has 1 amide bonds. The molecule has 4 rings (SSSR count). The average molecular weight is 467 g/mol. The Morgan fingerprint density at radius 2 is 2.00 bits per heavy atom. The summed E-state index contributed by atoms with van der Waals surface area (Å²) < 4.78 is 5.50. The summed E-state index contributed by atoms with van der Waals surface area (Å²) in [6.45, 7) is 1.69. The first-order chi connectivity index (χ1) is 15.5. The maximum atomic E-state index is 12.3. The third-order valence-electron chi connectivity index (χ3n) is 4.51. The van der Waals surface area contributed by atoms with Gasteiger partial charge in [0, 0.05) is 33.9 Å². The fourth-order valence-electron chi connectivity index (χ4n) is 2.92. The van der Waals surface area contributed by atoms with E-state index in [0.717, 1.165) is 11.3 Å². The third-order valence-corrected chi connectivity index (χ3v) is 6.23. The predicted octanol–water partition coefficient (Wildman–Crippen LogP) is 5.55. The molecule has 32 heavy (non-hydrogen) atoms. The normalized spacial score (nSPS) is 10.8. The zero-order valence-electron chi connectivity index (χ0n) is 17.0. The summed E-state index contributed by atoms with van der Waals surface area (Å²) in [4.78, 5) is 31.8. The number of hydrogen-bond acceptors (Lipinski definition) is 8. The van der Waals surface area contributed by atoms with Crippen molar-refractivity contribution in [1.82, 2.24) is 9.97 Å². The van der Waals surface area contributed by atoms with Crippen LogP contribution in [0, 0.1) is 17.0 Å². The Morgan fingerprint density at radius 1 is 1.19 bits per heavy atom. The van der Waals surface area contributed by atoms with Crippen LogP contribution in [0.15, 0.2) is 64.6 Å². The Morgan fingerprint density at radius 3 is 2.78 bits per heavy atom. The SMILES string of the molecule is Cc1ccc(-c2csc(NC(=O)CSCc3coc(-c4ccccc4)n3)n2)cc1[N+](=O)[O-]. The van der Waals surface area contributed by atoms with E-state index in [4.69, 9.17) is 4.42 Å². The van der Waals surface area contributed by atoms with Crippen LogP contribution in [0.2, 0.25) is 0 Å². The Balaban J connectivity index is 1.30. The maximum Gasteiger partial charge on any atom is 0.272 e. The molecule has 0 aliphatic carbocycles. The molecule has 4 aromatic rings. The number of aryl methyl sites for hydroxylation is 1. The van der Waals surface area contributed by atoms with E-state index < -0.39 is 4.92 Å². The van der Waals surface area contributed by atoms with Gasteiger partial charge in [-0.15, -0.1) is 23.1 Å². The van der Waals surface area contributed by atoms with Gasteiger partial charge >= 0.3 is 0 Å². The second-order valence-electron chi connectivity index (χ2n) is 6.85. The van der Waals surface area contributed by atoms with E-state index in [1.807, 2.05) is 30.3 Å². The van der Waals surface area contributed by atoms with Crippen molar-refractivity contribution < 1.29 is 14.1 Å². The van der Waals surface area contributed by atoms with Crippen LogP contribution in [0.3, 0.4) is 0 Å². The minimum atomic E-state index is -0.414. The summed E-state index contributed by atoms with van der Waals surface area (Å²) in [6.07, 6.45) is 1.60. The number of hydrogen-bond donors (Lipinski definition) is 1. The number of benzene rings is 2. The van der Waals surface area contributed by atoms with Gasteiger partial charge in [0.25, 0.3) is 5.69 Å². The number of carbonyl (C=O) groups is 1. The van der Waals surface area contributed by atoms with Crippen molar-refractivity contribution >= 4 is 39.8 Å². The van der Waals surface area contributed by atoms with E-state index in [2.05, 4.69) is 15.3 Å². The van der Waals surface area contributed by atoms with E-state index in [1.54, 1.807) is 30.7 Å². The standard InChI is InChI=1S/C22H18N4O4S2/c1-14-7-8-16(9-19(14)26(28)29)18-12-32-22(24-18)25-20(27)13-31-11-17-10-30-21(23-17)15-5-3-2-4-6-15/h2-10,12H,11,13H2,1H3,(H,24,25,27). The van der Waals surface area contributed by atoms with Crippen molar-refractivity contribution in [1.29, 1.82) is 0 Å². The predicted molar refractivity (Wildman–Crippen MR) is 126 cm³/mol. The Labute approximate surface area is 191 Å². The van der Waals surface area contributed by atoms with E-state index in [9.17, 15) is 14.9 Å². The van der Waals surface area contributed by atoms with Gasteiger partial charge in [0.15, 0.2) is 5.13 Å². The molecule has 0 aliphatic heterocycles. The summed E-state index contributed by atoms with van der Waals surface area (Å²) in [5.74, 6) is 1.15. The van der Waals surface area contributed by atoms with Crippen LogP contribution in [-0.2, 0) is 10.5 Å². The number of rotatable bonds is 8. The van der Waals surface area contributed by atoms with E-state index in [1.165, 1.54) is 29.2 Å². The van der Waals surface area contributed by atoms with Gasteiger partial charge in [-0.1, -0.05) is 30.3 Å². The molecule has 1 N–H and O–H groups in total. The molecular formula is C22H18N4O4S2. The number of amides is 1. The molecular weight excluding hydrogens is 448 g/mol. The lowest BCUT2D eigenvalue weighted by molar-refractivity contribution is -0.385. The fourth-order valence-corrected chi connectivity index (χ4v) is 4.36. The van der Waals surface area contributed by atoms with Gasteiger partial charge in [-0.2, -0.15) is 0 Å². The largest absolute Gasteiger partial charge is 0.444 e. The summed E-state index contributed by atoms with van der Waals surface area (Å²) in [5.41, 5.74) is 3.51. The van der Waals surface area contributed by atoms with Crippen LogP contribution in [0.5, 0.6) is 0 Å². The monoisotopic (exact) mass is 466 g/mol. The van der Waals surface area contributed by atoms with Crippen LogP contribution in [-0.4, -0.2) is 26.6 Å². The van der Waals surface area contributed by atoms with E-state index in [-0.39, 0.29) is 17.3 Å². The Kier molecular flexibility index (Phi) is 6.62. The molecule has 0 saturated carbocycles. The number of carbonyl (C=O) groups excluding carboxylic acids is 1. The highest BCUT2D eigenvalue weighted by Crippen LogP contribution is 2.29. The van der Waals surface area contributed by atoms with Gasteiger partial charge in [0.2, 0.25) is 11.8 Å². The number of aromatic nitrogens is 2. The Hall–Kier alpha value is -3.50. The minimum Gasteiger partial charge on any atom is -0.444 e. The lowest BCUT2D eigenvalue weighted by atomic mass is 10.1. The molecule has 162 valence electrons. The van der Waals surface area contributed by atoms with Crippen molar-refractivity contribution in [2.24, 2.45) is 0 Å². The molecule has 2 heterocycles. The quantitative estimate of drug-likeness (QED) is 0.267. The van der Waals surface area contributed by atoms with Crippen molar-refractivity contribution in [2.45, 2.75) is 12.7 Å². The van der Waals surface area contributed by atoms with Crippen molar-refractivity contribution in [2.75, 3.05) is 11.1 Å². The van der Waals surface area contributed by atoms with Gasteiger partial charge in [0.1, 0.15) is 6.26 Å². The number of nitro groups is 1. The van der Waals surface area contributed by atoms with Crippen molar-refractivity contribution in [3.8, 4) is 22.7 Å². The van der Waals surface area contributed by atoms with Gasteiger partial charge in [-0.05, 0) is 19.1 Å². The zero-order chi connectivity index (χ0) is 22.5. The molecule has 2 aromatic carbocycles. The van der Waals surface area contributed by atoms with E-state index in [0.29, 0.717) is 33.6 Å². The molecule has 0 aliphatic rings. The lowest BCUT2D eigenvalue weighted by Crippen LogP contribution is -2.14. The van der Waals surface area contributed by atoms with Gasteiger partial charge < -0.3 is 9.73 Å². The highest BCUT2D eigenvalue weighted by atomic mass is 32.2. The molecule has 8 nitrogen and oxygen atoms in total. The number of nitrogens with zero attached hydrogens (tertiary/aromatic N) is 3. The fraction of sp³-hybridized carbons (Fsp3) is 0.136. The number of nitro benzene ring substituents is 1. The summed E-state index contributed by atoms with van der Waals surface area (Å²) >= 11 is 2.69. The molecule has 0 saturated heterocycles. The Bertz CT molecular complexity index is 1250. The average Bonchev–Trinajstić information content (AvgIpc) is 3.44. The lowest BCUT2D eigenvalue weighted by Gasteiger charge is -2.01. The van der Waals surface area contributed by atoms with E-state index >= 15 is 0 Å². The molecule has 0 atom stereocenters. The molecule has 0 spiro atoms. The number of nitrogens with one attached hydrogen (secondary N) is 1. The molecule has 2 aromatic heterocycles. The van der Waals surface area contributed by atoms with Crippen LogP contribution < -0.4 is 5.32 Å². The summed E-state index contributed by atoms with van der Waals surface area (Å²) in [6, 6.07) is 14.6. The molecule has 0 bridgehead atoms. The van der Waals surface area contributed by atoms with Gasteiger partial charge in [-0.3, -0.25) is 14.9 Å². The second kappa shape index (κ2) is 9.75. The molecule has 0 radical (unpaired) electrons. The number of thiazole rings is 1. The first kappa shape index (κ1) is 21.7. The van der Waals surface area contributed by atoms with Gasteiger partial charge in [0.05, 0.1) is 22.1 Å². The summed E-state index contributed by atoms with van der Waals surface area (Å²) in [5, 5.41) is 16.1.